The summed E-state index contributed by atoms with van der Waals surface area (Å²) in [5.41, 5.74) is 2.98. The van der Waals surface area contributed by atoms with Crippen LogP contribution in [0.5, 0.6) is 0 Å². The summed E-state index contributed by atoms with van der Waals surface area (Å²) in [6.45, 7) is 0.735. The Kier molecular flexibility index (Phi) is 3.80. The van der Waals surface area contributed by atoms with Gasteiger partial charge in [-0.05, 0) is 12.1 Å². The van der Waals surface area contributed by atoms with E-state index in [9.17, 15) is 0 Å². The molecule has 0 unspecified atom stereocenters. The lowest BCUT2D eigenvalue weighted by Crippen LogP contribution is -2.19. The Balaban J connectivity index is 2.04. The van der Waals surface area contributed by atoms with Gasteiger partial charge in [0.1, 0.15) is 5.82 Å². The molecule has 21 heavy (non-hydrogen) atoms. The summed E-state index contributed by atoms with van der Waals surface area (Å²) in [6.07, 6.45) is 3.77. The zero-order chi connectivity index (χ0) is 14.8. The second-order valence-electron chi connectivity index (χ2n) is 5.09. The fourth-order valence-electron chi connectivity index (χ4n) is 2.44. The number of benzene rings is 1. The summed E-state index contributed by atoms with van der Waals surface area (Å²) in [7, 11) is 4.07. The van der Waals surface area contributed by atoms with Crippen molar-refractivity contribution in [2.75, 3.05) is 11.9 Å². The van der Waals surface area contributed by atoms with Crippen molar-refractivity contribution in [2.24, 2.45) is 7.05 Å². The maximum Gasteiger partial charge on any atom is 0.127 e. The lowest BCUT2D eigenvalue weighted by Gasteiger charge is -2.21. The SMILES string of the molecule is CN(Cc1nccn1C)c1cc(CCl)nc2ccccc12. The van der Waals surface area contributed by atoms with E-state index < -0.39 is 0 Å². The lowest BCUT2D eigenvalue weighted by molar-refractivity contribution is 0.762. The van der Waals surface area contributed by atoms with E-state index in [1.165, 1.54) is 0 Å². The molecule has 5 heteroatoms. The summed E-state index contributed by atoms with van der Waals surface area (Å²) in [5, 5.41) is 1.13. The summed E-state index contributed by atoms with van der Waals surface area (Å²) >= 11 is 5.97. The Morgan fingerprint density at radius 1 is 1.29 bits per heavy atom. The van der Waals surface area contributed by atoms with Crippen LogP contribution >= 0.6 is 11.6 Å². The number of para-hydroxylation sites is 1. The van der Waals surface area contributed by atoms with Crippen molar-refractivity contribution in [1.29, 1.82) is 0 Å². The third-order valence-electron chi connectivity index (χ3n) is 3.60. The van der Waals surface area contributed by atoms with Crippen molar-refractivity contribution in [2.45, 2.75) is 12.4 Å². The van der Waals surface area contributed by atoms with Crippen molar-refractivity contribution in [1.82, 2.24) is 14.5 Å². The molecule has 0 fully saturated rings. The van der Waals surface area contributed by atoms with Crippen molar-refractivity contribution in [3.63, 3.8) is 0 Å². The van der Waals surface area contributed by atoms with Crippen molar-refractivity contribution >= 4 is 28.2 Å². The molecule has 108 valence electrons. The number of halogens is 1. The van der Waals surface area contributed by atoms with Crippen LogP contribution < -0.4 is 4.90 Å². The molecule has 0 aliphatic heterocycles. The number of hydrogen-bond acceptors (Lipinski definition) is 3. The van der Waals surface area contributed by atoms with Gasteiger partial charge in [-0.2, -0.15) is 0 Å². The van der Waals surface area contributed by atoms with Crippen LogP contribution in [0.15, 0.2) is 42.7 Å². The van der Waals surface area contributed by atoms with E-state index in [1.54, 1.807) is 0 Å². The number of aryl methyl sites for hydroxylation is 1. The number of aromatic nitrogens is 3. The predicted octanol–water partition coefficient (Wildman–Crippen LogP) is 3.34. The molecular formula is C16H17ClN4. The predicted molar refractivity (Wildman–Crippen MR) is 86.6 cm³/mol. The quantitative estimate of drug-likeness (QED) is 0.693. The molecule has 0 saturated heterocycles. The Morgan fingerprint density at radius 2 is 2.10 bits per heavy atom. The van der Waals surface area contributed by atoms with E-state index in [1.807, 2.05) is 42.2 Å². The molecule has 0 aliphatic carbocycles. The monoisotopic (exact) mass is 300 g/mol. The molecule has 1 aromatic carbocycles. The van der Waals surface area contributed by atoms with E-state index in [0.29, 0.717) is 5.88 Å². The van der Waals surface area contributed by atoms with Crippen molar-refractivity contribution in [3.05, 3.63) is 54.2 Å². The number of anilines is 1. The van der Waals surface area contributed by atoms with E-state index in [2.05, 4.69) is 34.0 Å². The van der Waals surface area contributed by atoms with Gasteiger partial charge in [-0.15, -0.1) is 11.6 Å². The highest BCUT2D eigenvalue weighted by molar-refractivity contribution is 6.17. The number of imidazole rings is 1. The van der Waals surface area contributed by atoms with Crippen LogP contribution in [0.25, 0.3) is 10.9 Å². The molecule has 0 spiro atoms. The highest BCUT2D eigenvalue weighted by Gasteiger charge is 2.11. The molecule has 0 saturated carbocycles. The van der Waals surface area contributed by atoms with Crippen molar-refractivity contribution < 1.29 is 0 Å². The molecule has 0 atom stereocenters. The molecule has 3 aromatic rings. The van der Waals surface area contributed by atoms with Gasteiger partial charge in [0.15, 0.2) is 0 Å². The number of pyridine rings is 1. The molecular weight excluding hydrogens is 284 g/mol. The fourth-order valence-corrected chi connectivity index (χ4v) is 2.58. The van der Waals surface area contributed by atoms with Gasteiger partial charge < -0.3 is 9.47 Å². The number of fused-ring (bicyclic) bond motifs is 1. The van der Waals surface area contributed by atoms with Crippen LogP contribution in [-0.2, 0) is 19.5 Å². The second-order valence-corrected chi connectivity index (χ2v) is 5.36. The van der Waals surface area contributed by atoms with Gasteiger partial charge >= 0.3 is 0 Å². The molecule has 0 amide bonds. The van der Waals surface area contributed by atoms with Crippen LogP contribution in [0.2, 0.25) is 0 Å². The van der Waals surface area contributed by atoms with Crippen LogP contribution in [0.3, 0.4) is 0 Å². The van der Waals surface area contributed by atoms with Gasteiger partial charge in [0, 0.05) is 37.6 Å². The smallest absolute Gasteiger partial charge is 0.127 e. The average molecular weight is 301 g/mol. The number of nitrogens with zero attached hydrogens (tertiary/aromatic N) is 4. The first-order valence-electron chi connectivity index (χ1n) is 6.81. The van der Waals surface area contributed by atoms with Crippen molar-refractivity contribution in [3.8, 4) is 0 Å². The Labute approximate surface area is 129 Å². The highest BCUT2D eigenvalue weighted by Crippen LogP contribution is 2.27. The zero-order valence-corrected chi connectivity index (χ0v) is 12.9. The molecule has 0 radical (unpaired) electrons. The first kappa shape index (κ1) is 13.9. The van der Waals surface area contributed by atoms with Gasteiger partial charge in [0.2, 0.25) is 0 Å². The second kappa shape index (κ2) is 5.74. The molecule has 0 N–H and O–H groups in total. The average Bonchev–Trinajstić information content (AvgIpc) is 2.91. The van der Waals surface area contributed by atoms with Crippen LogP contribution in [0.1, 0.15) is 11.5 Å². The van der Waals surface area contributed by atoms with Gasteiger partial charge in [0.05, 0.1) is 23.6 Å². The van der Waals surface area contributed by atoms with Crippen LogP contribution in [0.4, 0.5) is 5.69 Å². The number of hydrogen-bond donors (Lipinski definition) is 0. The third-order valence-corrected chi connectivity index (χ3v) is 3.87. The zero-order valence-electron chi connectivity index (χ0n) is 12.1. The first-order valence-corrected chi connectivity index (χ1v) is 7.34. The Morgan fingerprint density at radius 3 is 2.81 bits per heavy atom. The summed E-state index contributed by atoms with van der Waals surface area (Å²) in [5.74, 6) is 1.43. The van der Waals surface area contributed by atoms with Crippen LogP contribution in [0, 0.1) is 0 Å². The summed E-state index contributed by atoms with van der Waals surface area (Å²) in [6, 6.07) is 10.2. The summed E-state index contributed by atoms with van der Waals surface area (Å²) < 4.78 is 2.03. The molecule has 4 nitrogen and oxygen atoms in total. The number of alkyl halides is 1. The minimum atomic E-state index is 0.411. The standard InChI is InChI=1S/C16H17ClN4/c1-20-8-7-18-16(20)11-21(2)15-9-12(10-17)19-14-6-4-3-5-13(14)15/h3-9H,10-11H2,1-2H3. The topological polar surface area (TPSA) is 34.0 Å². The molecule has 3 rings (SSSR count). The van der Waals surface area contributed by atoms with E-state index in [-0.39, 0.29) is 0 Å². The van der Waals surface area contributed by atoms with Gasteiger partial charge in [-0.25, -0.2) is 4.98 Å². The summed E-state index contributed by atoms with van der Waals surface area (Å²) in [4.78, 5) is 11.1. The normalized spacial score (nSPS) is 11.0. The van der Waals surface area contributed by atoms with Gasteiger partial charge in [-0.3, -0.25) is 4.98 Å². The van der Waals surface area contributed by atoms with Gasteiger partial charge in [0.25, 0.3) is 0 Å². The molecule has 2 aromatic heterocycles. The largest absolute Gasteiger partial charge is 0.367 e. The number of rotatable bonds is 4. The molecule has 0 bridgehead atoms. The highest BCUT2D eigenvalue weighted by atomic mass is 35.5. The first-order chi connectivity index (χ1) is 10.2. The maximum absolute atomic E-state index is 5.97. The minimum absolute atomic E-state index is 0.411. The Bertz CT molecular complexity index is 766. The molecule has 2 heterocycles. The fraction of sp³-hybridized carbons (Fsp3) is 0.250. The maximum atomic E-state index is 5.97. The van der Waals surface area contributed by atoms with E-state index in [0.717, 1.165) is 34.7 Å². The van der Waals surface area contributed by atoms with E-state index >= 15 is 0 Å². The third kappa shape index (κ3) is 2.72. The lowest BCUT2D eigenvalue weighted by atomic mass is 10.1. The molecule has 0 aliphatic rings. The van der Waals surface area contributed by atoms with Gasteiger partial charge in [-0.1, -0.05) is 18.2 Å². The van der Waals surface area contributed by atoms with E-state index in [4.69, 9.17) is 11.6 Å². The minimum Gasteiger partial charge on any atom is -0.367 e. The Hall–Kier alpha value is -2.07. The van der Waals surface area contributed by atoms with Crippen LogP contribution in [-0.4, -0.2) is 21.6 Å².